The van der Waals surface area contributed by atoms with Crippen molar-refractivity contribution in [1.29, 1.82) is 0 Å². The number of amides is 2. The molecular weight excluding hydrogens is 432 g/mol. The van der Waals surface area contributed by atoms with Crippen molar-refractivity contribution in [2.24, 2.45) is 0 Å². The van der Waals surface area contributed by atoms with Gasteiger partial charge in [-0.2, -0.15) is 0 Å². The van der Waals surface area contributed by atoms with E-state index in [-0.39, 0.29) is 24.9 Å². The highest BCUT2D eigenvalue weighted by Gasteiger charge is 2.42. The van der Waals surface area contributed by atoms with Crippen LogP contribution in [0.1, 0.15) is 62.0 Å². The number of hydrogen-bond donors (Lipinski definition) is 2. The van der Waals surface area contributed by atoms with E-state index in [0.29, 0.717) is 32.2 Å². The first-order valence-corrected chi connectivity index (χ1v) is 12.1. The topological polar surface area (TPSA) is 95.9 Å². The van der Waals surface area contributed by atoms with Crippen molar-refractivity contribution in [1.82, 2.24) is 10.2 Å². The minimum atomic E-state index is -0.962. The van der Waals surface area contributed by atoms with Crippen molar-refractivity contribution in [3.8, 4) is 11.1 Å². The van der Waals surface area contributed by atoms with E-state index >= 15 is 0 Å². The highest BCUT2D eigenvalue weighted by molar-refractivity contribution is 5.85. The number of carbonyl (C=O) groups excluding carboxylic acids is 2. The van der Waals surface area contributed by atoms with Gasteiger partial charge in [-0.1, -0.05) is 61.4 Å². The Bertz CT molecular complexity index is 1060. The van der Waals surface area contributed by atoms with Crippen LogP contribution in [0.25, 0.3) is 11.1 Å². The lowest BCUT2D eigenvalue weighted by molar-refractivity contribution is -0.148. The van der Waals surface area contributed by atoms with Gasteiger partial charge < -0.3 is 20.1 Å². The average molecular weight is 463 g/mol. The molecule has 178 valence electrons. The van der Waals surface area contributed by atoms with Gasteiger partial charge in [-0.25, -0.2) is 9.59 Å². The molecule has 1 saturated carbocycles. The molecule has 1 atom stereocenters. The third kappa shape index (κ3) is 4.15. The largest absolute Gasteiger partial charge is 0.480 e. The third-order valence-corrected chi connectivity index (χ3v) is 7.62. The number of ether oxygens (including phenoxy) is 1. The van der Waals surface area contributed by atoms with Gasteiger partial charge in [0.2, 0.25) is 5.91 Å². The second kappa shape index (κ2) is 9.12. The van der Waals surface area contributed by atoms with Gasteiger partial charge >= 0.3 is 12.1 Å². The lowest BCUT2D eigenvalue weighted by Crippen LogP contribution is -2.51. The van der Waals surface area contributed by atoms with Crippen molar-refractivity contribution in [2.45, 2.75) is 62.4 Å². The lowest BCUT2D eigenvalue weighted by Gasteiger charge is -2.32. The molecule has 0 unspecified atom stereocenters. The maximum atomic E-state index is 13.0. The van der Waals surface area contributed by atoms with E-state index in [1.54, 1.807) is 0 Å². The van der Waals surface area contributed by atoms with Crippen molar-refractivity contribution >= 4 is 18.0 Å². The van der Waals surface area contributed by atoms with Gasteiger partial charge in [0.05, 0.1) is 12.0 Å². The van der Waals surface area contributed by atoms with Crippen LogP contribution in [-0.4, -0.2) is 52.7 Å². The Morgan fingerprint density at radius 3 is 2.21 bits per heavy atom. The Morgan fingerprint density at radius 2 is 1.59 bits per heavy atom. The molecule has 2 amide bonds. The van der Waals surface area contributed by atoms with Crippen LogP contribution in [0.4, 0.5) is 4.79 Å². The van der Waals surface area contributed by atoms with Crippen LogP contribution in [-0.2, 0) is 14.3 Å². The lowest BCUT2D eigenvalue weighted by atomic mass is 9.92. The van der Waals surface area contributed by atoms with Crippen LogP contribution in [0, 0.1) is 0 Å². The minimum absolute atomic E-state index is 0.0276. The molecule has 3 aliphatic rings. The molecule has 0 bridgehead atoms. The molecule has 2 aliphatic carbocycles. The molecule has 2 N–H and O–H groups in total. The summed E-state index contributed by atoms with van der Waals surface area (Å²) in [5.41, 5.74) is 3.96. The summed E-state index contributed by atoms with van der Waals surface area (Å²) in [5.74, 6) is -1.19. The second-order valence-corrected chi connectivity index (χ2v) is 9.70. The number of fused-ring (bicyclic) bond motifs is 3. The number of carboxylic acids is 1. The molecule has 0 aromatic heterocycles. The Hall–Kier alpha value is -3.35. The summed E-state index contributed by atoms with van der Waals surface area (Å²) in [6.07, 6.45) is 3.97. The summed E-state index contributed by atoms with van der Waals surface area (Å²) in [4.78, 5) is 38.9. The van der Waals surface area contributed by atoms with E-state index in [0.717, 1.165) is 24.0 Å². The maximum absolute atomic E-state index is 13.0. The highest BCUT2D eigenvalue weighted by atomic mass is 16.5. The van der Waals surface area contributed by atoms with Gasteiger partial charge in [0, 0.05) is 12.5 Å². The Labute approximate surface area is 199 Å². The van der Waals surface area contributed by atoms with Crippen LogP contribution in [0.2, 0.25) is 0 Å². The number of alkyl carbamates (subject to hydrolysis) is 1. The summed E-state index contributed by atoms with van der Waals surface area (Å²) in [6.45, 7) is 0.675. The van der Waals surface area contributed by atoms with Crippen molar-refractivity contribution in [3.05, 3.63) is 59.7 Å². The van der Waals surface area contributed by atoms with Crippen molar-refractivity contribution in [3.63, 3.8) is 0 Å². The van der Waals surface area contributed by atoms with Crippen LogP contribution >= 0.6 is 0 Å². The van der Waals surface area contributed by atoms with Crippen LogP contribution in [0.5, 0.6) is 0 Å². The number of benzene rings is 2. The zero-order valence-electron chi connectivity index (χ0n) is 19.2. The highest BCUT2D eigenvalue weighted by Crippen LogP contribution is 2.44. The van der Waals surface area contributed by atoms with Gasteiger partial charge in [0.15, 0.2) is 0 Å². The third-order valence-electron chi connectivity index (χ3n) is 7.62. The molecule has 0 radical (unpaired) electrons. The molecular formula is C27H30N2O5. The van der Waals surface area contributed by atoms with Gasteiger partial charge in [-0.05, 0) is 47.9 Å². The standard InChI is InChI=1S/C27H30N2O5/c30-24(29-15-7-12-23(29)25(31)32)16-27(13-5-6-14-27)28-26(33)34-17-22-20-10-3-1-8-18(20)19-9-2-4-11-21(19)22/h1-4,8-11,22-23H,5-7,12-17H2,(H,28,33)(H,31,32)/t23-/m0/s1. The number of likely N-dealkylation sites (tertiary alicyclic amines) is 1. The normalized spacial score (nSPS) is 20.6. The molecule has 1 heterocycles. The average Bonchev–Trinajstić information content (AvgIpc) is 3.56. The Balaban J connectivity index is 1.25. The predicted octanol–water partition coefficient (Wildman–Crippen LogP) is 4.30. The van der Waals surface area contributed by atoms with E-state index in [1.807, 2.05) is 24.3 Å². The number of nitrogens with one attached hydrogen (secondary N) is 1. The number of hydrogen-bond acceptors (Lipinski definition) is 4. The SMILES string of the molecule is O=C(NC1(CC(=O)N2CCC[C@H]2C(=O)O)CCCC1)OCC1c2ccccc2-c2ccccc21. The zero-order chi connectivity index (χ0) is 23.7. The van der Waals surface area contributed by atoms with Crippen LogP contribution in [0.15, 0.2) is 48.5 Å². The fraction of sp³-hybridized carbons (Fsp3) is 0.444. The summed E-state index contributed by atoms with van der Waals surface area (Å²) in [7, 11) is 0. The maximum Gasteiger partial charge on any atom is 0.407 e. The van der Waals surface area contributed by atoms with Crippen LogP contribution < -0.4 is 5.32 Å². The summed E-state index contributed by atoms with van der Waals surface area (Å²) < 4.78 is 5.72. The smallest absolute Gasteiger partial charge is 0.407 e. The molecule has 1 saturated heterocycles. The quantitative estimate of drug-likeness (QED) is 0.667. The molecule has 5 rings (SSSR count). The van der Waals surface area contributed by atoms with Crippen LogP contribution in [0.3, 0.4) is 0 Å². The Kier molecular flexibility index (Phi) is 6.02. The second-order valence-electron chi connectivity index (χ2n) is 9.70. The first-order valence-electron chi connectivity index (χ1n) is 12.1. The molecule has 7 heteroatoms. The molecule has 2 aromatic rings. The van der Waals surface area contributed by atoms with E-state index in [2.05, 4.69) is 29.6 Å². The molecule has 2 fully saturated rings. The molecule has 2 aromatic carbocycles. The molecule has 34 heavy (non-hydrogen) atoms. The summed E-state index contributed by atoms with van der Waals surface area (Å²) in [6, 6.07) is 15.6. The van der Waals surface area contributed by atoms with Gasteiger partial charge in [0.1, 0.15) is 12.6 Å². The predicted molar refractivity (Wildman–Crippen MR) is 126 cm³/mol. The van der Waals surface area contributed by atoms with Crippen molar-refractivity contribution < 1.29 is 24.2 Å². The number of rotatable bonds is 6. The minimum Gasteiger partial charge on any atom is -0.480 e. The summed E-state index contributed by atoms with van der Waals surface area (Å²) >= 11 is 0. The van der Waals surface area contributed by atoms with E-state index in [4.69, 9.17) is 4.74 Å². The van der Waals surface area contributed by atoms with E-state index in [1.165, 1.54) is 16.0 Å². The fourth-order valence-corrected chi connectivity index (χ4v) is 5.96. The number of aliphatic carboxylic acids is 1. The summed E-state index contributed by atoms with van der Waals surface area (Å²) in [5, 5.41) is 12.4. The fourth-order valence-electron chi connectivity index (χ4n) is 5.96. The molecule has 0 spiro atoms. The first kappa shape index (κ1) is 22.4. The molecule has 7 nitrogen and oxygen atoms in total. The van der Waals surface area contributed by atoms with E-state index in [9.17, 15) is 19.5 Å². The van der Waals surface area contributed by atoms with Gasteiger partial charge in [-0.3, -0.25) is 4.79 Å². The Morgan fingerprint density at radius 1 is 0.971 bits per heavy atom. The number of nitrogens with zero attached hydrogens (tertiary/aromatic N) is 1. The number of carbonyl (C=O) groups is 3. The van der Waals surface area contributed by atoms with E-state index < -0.39 is 23.6 Å². The first-order chi connectivity index (χ1) is 16.5. The zero-order valence-corrected chi connectivity index (χ0v) is 19.2. The van der Waals surface area contributed by atoms with Crippen molar-refractivity contribution in [2.75, 3.05) is 13.2 Å². The monoisotopic (exact) mass is 462 g/mol. The van der Waals surface area contributed by atoms with Gasteiger partial charge in [0.25, 0.3) is 0 Å². The molecule has 1 aliphatic heterocycles. The van der Waals surface area contributed by atoms with Gasteiger partial charge in [-0.15, -0.1) is 0 Å². The number of carboxylic acid groups (broad SMARTS) is 1.